The Kier molecular flexibility index (Phi) is 4.95. The van der Waals surface area contributed by atoms with E-state index in [1.54, 1.807) is 0 Å². The number of benzene rings is 1. The molecule has 0 saturated carbocycles. The summed E-state index contributed by atoms with van der Waals surface area (Å²) in [7, 11) is 1.34. The van der Waals surface area contributed by atoms with E-state index in [1.165, 1.54) is 19.2 Å². The van der Waals surface area contributed by atoms with E-state index in [2.05, 4.69) is 0 Å². The minimum absolute atomic E-state index is 0. The monoisotopic (exact) mass is 315 g/mol. The average Bonchev–Trinajstić information content (AvgIpc) is 2.82. The Morgan fingerprint density at radius 2 is 2.00 bits per heavy atom. The molecule has 0 spiro atoms. The fourth-order valence-corrected chi connectivity index (χ4v) is 1.73. The maximum absolute atomic E-state index is 12.4. The van der Waals surface area contributed by atoms with Gasteiger partial charge in [-0.25, -0.2) is 0 Å². The van der Waals surface area contributed by atoms with E-state index in [4.69, 9.17) is 25.1 Å². The number of ether oxygens (including phenoxy) is 3. The Morgan fingerprint density at radius 3 is 2.55 bits per heavy atom. The third-order valence-corrected chi connectivity index (χ3v) is 2.74. The number of hydrogen-bond acceptors (Lipinski definition) is 5. The summed E-state index contributed by atoms with van der Waals surface area (Å²) in [4.78, 5) is 0. The van der Waals surface area contributed by atoms with E-state index in [0.717, 1.165) is 0 Å². The first-order valence-corrected chi connectivity index (χ1v) is 5.32. The maximum atomic E-state index is 12.4. The number of fused-ring (bicyclic) bond motifs is 1. The lowest BCUT2D eigenvalue weighted by Crippen LogP contribution is -2.38. The van der Waals surface area contributed by atoms with Crippen molar-refractivity contribution in [3.8, 4) is 17.2 Å². The normalized spacial score (nSPS) is 16.3. The fourth-order valence-electron chi connectivity index (χ4n) is 1.73. The van der Waals surface area contributed by atoms with Gasteiger partial charge in [0.1, 0.15) is 0 Å². The molecule has 0 unspecified atom stereocenters. The van der Waals surface area contributed by atoms with Crippen LogP contribution in [-0.4, -0.2) is 31.3 Å². The predicted octanol–water partition coefficient (Wildman–Crippen LogP) is 1.77. The Hall–Kier alpha value is -1.38. The molecule has 2 atom stereocenters. The van der Waals surface area contributed by atoms with Gasteiger partial charge in [0.25, 0.3) is 0 Å². The topological polar surface area (TPSA) is 73.9 Å². The SMILES string of the molecule is COc1cc([C@@H](N)[C@@H](O)C(F)(F)F)cc2c1OCO2.Cl. The molecule has 3 N–H and O–H groups in total. The molecule has 9 heteroatoms. The third kappa shape index (κ3) is 3.02. The van der Waals surface area contributed by atoms with Crippen molar-refractivity contribution < 1.29 is 32.5 Å². The predicted molar refractivity (Wildman–Crippen MR) is 65.4 cm³/mol. The summed E-state index contributed by atoms with van der Waals surface area (Å²) in [5.41, 5.74) is 5.47. The van der Waals surface area contributed by atoms with Crippen LogP contribution in [-0.2, 0) is 0 Å². The van der Waals surface area contributed by atoms with Crippen molar-refractivity contribution in [1.82, 2.24) is 0 Å². The number of aliphatic hydroxyl groups excluding tert-OH is 1. The van der Waals surface area contributed by atoms with Gasteiger partial charge in [0, 0.05) is 0 Å². The lowest BCUT2D eigenvalue weighted by Gasteiger charge is -2.22. The van der Waals surface area contributed by atoms with Gasteiger partial charge in [-0.05, 0) is 17.7 Å². The lowest BCUT2D eigenvalue weighted by molar-refractivity contribution is -0.210. The molecule has 1 heterocycles. The second-order valence-corrected chi connectivity index (χ2v) is 3.97. The van der Waals surface area contributed by atoms with Crippen LogP contribution in [0.25, 0.3) is 0 Å². The summed E-state index contributed by atoms with van der Waals surface area (Å²) in [6.45, 7) is -0.0494. The molecular formula is C11H13ClF3NO4. The van der Waals surface area contributed by atoms with E-state index in [-0.39, 0.29) is 36.3 Å². The molecule has 1 aliphatic rings. The van der Waals surface area contributed by atoms with Crippen molar-refractivity contribution in [2.75, 3.05) is 13.9 Å². The molecule has 0 saturated heterocycles. The zero-order valence-electron chi connectivity index (χ0n) is 10.3. The quantitative estimate of drug-likeness (QED) is 0.889. The average molecular weight is 316 g/mol. The Morgan fingerprint density at radius 1 is 1.35 bits per heavy atom. The zero-order chi connectivity index (χ0) is 14.2. The highest BCUT2D eigenvalue weighted by Gasteiger charge is 2.43. The number of aliphatic hydroxyl groups is 1. The largest absolute Gasteiger partial charge is 0.493 e. The van der Waals surface area contributed by atoms with Crippen molar-refractivity contribution in [3.05, 3.63) is 17.7 Å². The van der Waals surface area contributed by atoms with Gasteiger partial charge < -0.3 is 25.1 Å². The number of methoxy groups -OCH3 is 1. The first-order valence-electron chi connectivity index (χ1n) is 5.32. The number of rotatable bonds is 3. The van der Waals surface area contributed by atoms with Crippen LogP contribution < -0.4 is 19.9 Å². The minimum Gasteiger partial charge on any atom is -0.493 e. The van der Waals surface area contributed by atoms with Crippen LogP contribution in [0.3, 0.4) is 0 Å². The van der Waals surface area contributed by atoms with Gasteiger partial charge in [-0.15, -0.1) is 12.4 Å². The van der Waals surface area contributed by atoms with Crippen LogP contribution >= 0.6 is 12.4 Å². The molecule has 5 nitrogen and oxygen atoms in total. The van der Waals surface area contributed by atoms with Gasteiger partial charge >= 0.3 is 6.18 Å². The molecule has 0 radical (unpaired) electrons. The van der Waals surface area contributed by atoms with Crippen LogP contribution in [0, 0.1) is 0 Å². The van der Waals surface area contributed by atoms with Crippen molar-refractivity contribution in [2.24, 2.45) is 5.73 Å². The Bertz CT molecular complexity index is 483. The van der Waals surface area contributed by atoms with E-state index < -0.39 is 18.3 Å². The first kappa shape index (κ1) is 16.7. The highest BCUT2D eigenvalue weighted by molar-refractivity contribution is 5.85. The number of alkyl halides is 3. The summed E-state index contributed by atoms with van der Waals surface area (Å²) in [6, 6.07) is 0.945. The van der Waals surface area contributed by atoms with Gasteiger partial charge in [-0.2, -0.15) is 13.2 Å². The summed E-state index contributed by atoms with van der Waals surface area (Å²) in [5, 5.41) is 9.16. The molecule has 1 aromatic carbocycles. The van der Waals surface area contributed by atoms with Crippen molar-refractivity contribution in [1.29, 1.82) is 0 Å². The highest BCUT2D eigenvalue weighted by atomic mass is 35.5. The fraction of sp³-hybridized carbons (Fsp3) is 0.455. The Balaban J connectivity index is 0.00000200. The highest BCUT2D eigenvalue weighted by Crippen LogP contribution is 2.43. The Labute approximate surface area is 118 Å². The summed E-state index contributed by atoms with van der Waals surface area (Å²) < 4.78 is 52.5. The van der Waals surface area contributed by atoms with E-state index >= 15 is 0 Å². The summed E-state index contributed by atoms with van der Waals surface area (Å²) >= 11 is 0. The van der Waals surface area contributed by atoms with Gasteiger partial charge in [0.15, 0.2) is 17.6 Å². The second kappa shape index (κ2) is 5.94. The minimum atomic E-state index is -4.80. The summed E-state index contributed by atoms with van der Waals surface area (Å²) in [5.74, 6) is 0.744. The van der Waals surface area contributed by atoms with Crippen molar-refractivity contribution >= 4 is 12.4 Å². The van der Waals surface area contributed by atoms with Crippen LogP contribution in [0.15, 0.2) is 12.1 Å². The lowest BCUT2D eigenvalue weighted by atomic mass is 10.0. The molecule has 114 valence electrons. The van der Waals surface area contributed by atoms with Crippen LogP contribution in [0.5, 0.6) is 17.2 Å². The van der Waals surface area contributed by atoms with Crippen molar-refractivity contribution in [2.45, 2.75) is 18.3 Å². The molecule has 1 aliphatic heterocycles. The molecule has 1 aromatic rings. The van der Waals surface area contributed by atoms with Crippen molar-refractivity contribution in [3.63, 3.8) is 0 Å². The van der Waals surface area contributed by atoms with Crippen LogP contribution in [0.1, 0.15) is 11.6 Å². The molecule has 0 amide bonds. The molecule has 0 bridgehead atoms. The maximum Gasteiger partial charge on any atom is 0.416 e. The number of hydrogen-bond donors (Lipinski definition) is 2. The molecule has 20 heavy (non-hydrogen) atoms. The molecule has 0 aromatic heterocycles. The van der Waals surface area contributed by atoms with E-state index in [1.807, 2.05) is 0 Å². The van der Waals surface area contributed by atoms with Crippen LogP contribution in [0.4, 0.5) is 13.2 Å². The first-order chi connectivity index (χ1) is 8.84. The summed E-state index contributed by atoms with van der Waals surface area (Å²) in [6.07, 6.45) is -7.47. The smallest absolute Gasteiger partial charge is 0.416 e. The van der Waals surface area contributed by atoms with E-state index in [9.17, 15) is 13.2 Å². The standard InChI is InChI=1S/C11H12F3NO4.ClH/c1-17-6-2-5(3-7-9(6)19-4-18-7)8(15)10(16)11(12,13)14;/h2-3,8,10,16H,4,15H2,1H3;1H/t8-,10-;/m1./s1. The molecule has 2 rings (SSSR count). The van der Waals surface area contributed by atoms with Gasteiger partial charge in [-0.1, -0.05) is 0 Å². The number of nitrogens with two attached hydrogens (primary N) is 1. The molecular weight excluding hydrogens is 303 g/mol. The molecule has 0 fully saturated rings. The zero-order valence-corrected chi connectivity index (χ0v) is 11.1. The second-order valence-electron chi connectivity index (χ2n) is 3.97. The van der Waals surface area contributed by atoms with Gasteiger partial charge in [-0.3, -0.25) is 0 Å². The third-order valence-electron chi connectivity index (χ3n) is 2.74. The number of halogens is 4. The van der Waals surface area contributed by atoms with E-state index in [0.29, 0.717) is 5.75 Å². The van der Waals surface area contributed by atoms with Crippen LogP contribution in [0.2, 0.25) is 0 Å². The molecule has 0 aliphatic carbocycles. The van der Waals surface area contributed by atoms with Gasteiger partial charge in [0.05, 0.1) is 13.2 Å². The van der Waals surface area contributed by atoms with Gasteiger partial charge in [0.2, 0.25) is 12.5 Å².